The number of amides is 1. The molecule has 1 aliphatic heterocycles. The standard InChI is InChI=1S/C23H24N2O3S/c1-16-8-7-9-17(2)25(16)22(26)15-28-23(27)19-11-4-6-13-21(19)29-20-12-5-3-10-18(20)14-24/h3-6,10-13,16-17H,7-9,15H2,1-2H3/t16-,17-/m0/s1. The van der Waals surface area contributed by atoms with E-state index in [2.05, 4.69) is 6.07 Å². The minimum Gasteiger partial charge on any atom is -0.452 e. The molecule has 2 aromatic rings. The molecule has 0 saturated carbocycles. The van der Waals surface area contributed by atoms with E-state index in [-0.39, 0.29) is 24.6 Å². The number of nitriles is 1. The zero-order valence-electron chi connectivity index (χ0n) is 16.6. The molecule has 0 aliphatic carbocycles. The first-order valence-corrected chi connectivity index (χ1v) is 10.6. The van der Waals surface area contributed by atoms with Gasteiger partial charge in [0.1, 0.15) is 6.07 Å². The van der Waals surface area contributed by atoms with Crippen molar-refractivity contribution in [2.45, 2.75) is 55.0 Å². The Morgan fingerprint density at radius 3 is 2.38 bits per heavy atom. The van der Waals surface area contributed by atoms with Gasteiger partial charge in [0, 0.05) is 21.9 Å². The molecule has 0 aromatic heterocycles. The number of hydrogen-bond donors (Lipinski definition) is 0. The minimum absolute atomic E-state index is 0.155. The van der Waals surface area contributed by atoms with Crippen LogP contribution in [0, 0.1) is 11.3 Å². The normalized spacial score (nSPS) is 18.7. The highest BCUT2D eigenvalue weighted by Gasteiger charge is 2.29. The molecule has 1 amide bonds. The second kappa shape index (κ2) is 9.62. The van der Waals surface area contributed by atoms with Crippen LogP contribution in [0.25, 0.3) is 0 Å². The Morgan fingerprint density at radius 1 is 1.07 bits per heavy atom. The van der Waals surface area contributed by atoms with Crippen molar-refractivity contribution in [3.8, 4) is 6.07 Å². The van der Waals surface area contributed by atoms with Crippen LogP contribution in [0.3, 0.4) is 0 Å². The van der Waals surface area contributed by atoms with E-state index in [1.165, 1.54) is 11.8 Å². The Kier molecular flexibility index (Phi) is 6.95. The van der Waals surface area contributed by atoms with E-state index in [1.54, 1.807) is 24.3 Å². The SMILES string of the molecule is C[C@H]1CCC[C@H](C)N1C(=O)COC(=O)c1ccccc1Sc1ccccc1C#N. The van der Waals surface area contributed by atoms with E-state index in [4.69, 9.17) is 4.74 Å². The summed E-state index contributed by atoms with van der Waals surface area (Å²) in [6, 6.07) is 16.8. The number of ether oxygens (including phenoxy) is 1. The summed E-state index contributed by atoms with van der Waals surface area (Å²) in [6.07, 6.45) is 3.06. The predicted octanol–water partition coefficient (Wildman–Crippen LogP) is 4.66. The van der Waals surface area contributed by atoms with Crippen LogP contribution in [0.1, 0.15) is 49.0 Å². The van der Waals surface area contributed by atoms with Gasteiger partial charge in [-0.1, -0.05) is 36.0 Å². The second-order valence-electron chi connectivity index (χ2n) is 7.21. The molecule has 1 heterocycles. The van der Waals surface area contributed by atoms with Gasteiger partial charge < -0.3 is 9.64 Å². The lowest BCUT2D eigenvalue weighted by molar-refractivity contribution is -0.140. The van der Waals surface area contributed by atoms with Crippen LogP contribution in [0.5, 0.6) is 0 Å². The summed E-state index contributed by atoms with van der Waals surface area (Å²) < 4.78 is 5.37. The van der Waals surface area contributed by atoms with Crippen LogP contribution in [0.15, 0.2) is 58.3 Å². The molecule has 2 atom stereocenters. The fourth-order valence-corrected chi connectivity index (χ4v) is 4.70. The molecule has 0 spiro atoms. The summed E-state index contributed by atoms with van der Waals surface area (Å²) in [6.45, 7) is 3.81. The Morgan fingerprint density at radius 2 is 1.69 bits per heavy atom. The zero-order chi connectivity index (χ0) is 20.8. The molecule has 0 unspecified atom stereocenters. The number of likely N-dealkylation sites (tertiary alicyclic amines) is 1. The van der Waals surface area contributed by atoms with Gasteiger partial charge in [0.05, 0.1) is 11.1 Å². The largest absolute Gasteiger partial charge is 0.452 e. The van der Waals surface area contributed by atoms with Crippen molar-refractivity contribution >= 4 is 23.6 Å². The van der Waals surface area contributed by atoms with Gasteiger partial charge in [-0.3, -0.25) is 4.79 Å². The highest BCUT2D eigenvalue weighted by atomic mass is 32.2. The maximum absolute atomic E-state index is 12.7. The average molecular weight is 409 g/mol. The molecule has 0 bridgehead atoms. The van der Waals surface area contributed by atoms with Crippen molar-refractivity contribution in [3.05, 3.63) is 59.7 Å². The molecule has 5 nitrogen and oxygen atoms in total. The van der Waals surface area contributed by atoms with E-state index in [1.807, 2.05) is 43.0 Å². The molecule has 1 fully saturated rings. The molecule has 0 N–H and O–H groups in total. The summed E-state index contributed by atoms with van der Waals surface area (Å²) >= 11 is 1.34. The lowest BCUT2D eigenvalue weighted by Gasteiger charge is -2.38. The molecule has 6 heteroatoms. The average Bonchev–Trinajstić information content (AvgIpc) is 2.72. The van der Waals surface area contributed by atoms with Gasteiger partial charge in [-0.2, -0.15) is 5.26 Å². The first kappa shape index (κ1) is 20.9. The van der Waals surface area contributed by atoms with E-state index in [9.17, 15) is 14.9 Å². The molecule has 3 rings (SSSR count). The number of carbonyl (C=O) groups is 2. The zero-order valence-corrected chi connectivity index (χ0v) is 17.4. The number of carbonyl (C=O) groups excluding carboxylic acids is 2. The summed E-state index contributed by atoms with van der Waals surface area (Å²) in [5.74, 6) is -0.689. The van der Waals surface area contributed by atoms with Gasteiger partial charge in [0.25, 0.3) is 5.91 Å². The van der Waals surface area contributed by atoms with E-state index in [0.717, 1.165) is 24.2 Å². The first-order valence-electron chi connectivity index (χ1n) is 9.75. The van der Waals surface area contributed by atoms with Crippen LogP contribution < -0.4 is 0 Å². The quantitative estimate of drug-likeness (QED) is 0.673. The van der Waals surface area contributed by atoms with Gasteiger partial charge in [-0.25, -0.2) is 4.79 Å². The van der Waals surface area contributed by atoms with Crippen LogP contribution in [-0.2, 0) is 9.53 Å². The van der Waals surface area contributed by atoms with Crippen molar-refractivity contribution in [3.63, 3.8) is 0 Å². The van der Waals surface area contributed by atoms with Gasteiger partial charge in [-0.05, 0) is 57.4 Å². The van der Waals surface area contributed by atoms with Gasteiger partial charge in [0.15, 0.2) is 6.61 Å². The fourth-order valence-electron chi connectivity index (χ4n) is 3.68. The molecule has 150 valence electrons. The third-order valence-corrected chi connectivity index (χ3v) is 6.29. The Bertz CT molecular complexity index is 928. The lowest BCUT2D eigenvalue weighted by atomic mass is 9.97. The summed E-state index contributed by atoms with van der Waals surface area (Å²) in [4.78, 5) is 28.6. The van der Waals surface area contributed by atoms with Gasteiger partial charge in [0.2, 0.25) is 0 Å². The number of esters is 1. The van der Waals surface area contributed by atoms with Crippen molar-refractivity contribution in [2.75, 3.05) is 6.61 Å². The smallest absolute Gasteiger partial charge is 0.339 e. The number of rotatable bonds is 5. The predicted molar refractivity (Wildman–Crippen MR) is 112 cm³/mol. The molecule has 1 saturated heterocycles. The fraction of sp³-hybridized carbons (Fsp3) is 0.348. The van der Waals surface area contributed by atoms with Crippen LogP contribution in [0.4, 0.5) is 0 Å². The Hall–Kier alpha value is -2.78. The highest BCUT2D eigenvalue weighted by Crippen LogP contribution is 2.33. The number of benzene rings is 2. The number of nitrogens with zero attached hydrogens (tertiary/aromatic N) is 2. The van der Waals surface area contributed by atoms with Crippen LogP contribution in [0.2, 0.25) is 0 Å². The second-order valence-corrected chi connectivity index (χ2v) is 8.30. The minimum atomic E-state index is -0.534. The maximum atomic E-state index is 12.7. The maximum Gasteiger partial charge on any atom is 0.339 e. The van der Waals surface area contributed by atoms with Crippen molar-refractivity contribution in [1.82, 2.24) is 4.90 Å². The summed E-state index contributed by atoms with van der Waals surface area (Å²) in [7, 11) is 0. The molecule has 2 aromatic carbocycles. The van der Waals surface area contributed by atoms with Crippen LogP contribution in [-0.4, -0.2) is 35.5 Å². The van der Waals surface area contributed by atoms with Gasteiger partial charge in [-0.15, -0.1) is 0 Å². The number of hydrogen-bond acceptors (Lipinski definition) is 5. The monoisotopic (exact) mass is 408 g/mol. The molecule has 1 aliphatic rings. The van der Waals surface area contributed by atoms with Crippen molar-refractivity contribution in [1.29, 1.82) is 5.26 Å². The third-order valence-electron chi connectivity index (χ3n) is 5.14. The number of piperidine rings is 1. The lowest BCUT2D eigenvalue weighted by Crippen LogP contribution is -2.49. The Balaban J connectivity index is 1.70. The van der Waals surface area contributed by atoms with E-state index >= 15 is 0 Å². The van der Waals surface area contributed by atoms with E-state index < -0.39 is 5.97 Å². The highest BCUT2D eigenvalue weighted by molar-refractivity contribution is 7.99. The summed E-state index contributed by atoms with van der Waals surface area (Å²) in [5, 5.41) is 9.29. The Labute approximate surface area is 175 Å². The van der Waals surface area contributed by atoms with Crippen molar-refractivity contribution < 1.29 is 14.3 Å². The van der Waals surface area contributed by atoms with Crippen LogP contribution >= 0.6 is 11.8 Å². The third kappa shape index (κ3) is 4.99. The van der Waals surface area contributed by atoms with Crippen molar-refractivity contribution in [2.24, 2.45) is 0 Å². The molecule has 29 heavy (non-hydrogen) atoms. The summed E-state index contributed by atoms with van der Waals surface area (Å²) in [5.41, 5.74) is 0.932. The topological polar surface area (TPSA) is 70.4 Å². The first-order chi connectivity index (χ1) is 14.0. The molecular weight excluding hydrogens is 384 g/mol. The molecular formula is C23H24N2O3S. The van der Waals surface area contributed by atoms with E-state index in [0.29, 0.717) is 16.0 Å². The molecule has 0 radical (unpaired) electrons. The van der Waals surface area contributed by atoms with Gasteiger partial charge >= 0.3 is 5.97 Å².